The van der Waals surface area contributed by atoms with Crippen LogP contribution in [0.3, 0.4) is 0 Å². The number of hydrogen-bond acceptors (Lipinski definition) is 5. The second-order valence-electron chi connectivity index (χ2n) is 7.59. The molecule has 7 nitrogen and oxygen atoms in total. The molecule has 1 heterocycles. The monoisotopic (exact) mass is 450 g/mol. The molecule has 1 aliphatic heterocycles. The lowest BCUT2D eigenvalue weighted by atomic mass is 9.98. The van der Waals surface area contributed by atoms with Crippen LogP contribution >= 0.6 is 11.8 Å². The van der Waals surface area contributed by atoms with Crippen LogP contribution in [0.4, 0.5) is 4.79 Å². The molecule has 1 fully saturated rings. The molecule has 2 aliphatic rings. The minimum Gasteiger partial charge on any atom is -0.480 e. The number of carboxylic acids is 1. The number of carboxylic acid groups (broad SMARTS) is 1. The lowest BCUT2D eigenvalue weighted by Crippen LogP contribution is -2.52. The first kappa shape index (κ1) is 21.8. The van der Waals surface area contributed by atoms with Gasteiger partial charge in [0.05, 0.1) is 5.88 Å². The quantitative estimate of drug-likeness (QED) is 0.657. The molecular weight excluding hydrogens is 428 g/mol. The maximum atomic E-state index is 12.9. The van der Waals surface area contributed by atoms with E-state index in [1.165, 1.54) is 16.7 Å². The van der Waals surface area contributed by atoms with Crippen LogP contribution in [0, 0.1) is 12.3 Å². The molecule has 164 valence electrons. The normalized spacial score (nSPS) is 17.7. The SMILES string of the molecule is C#CCC(NC(=O)OCC1c2ccccc2-c2ccccc21)C(=O)N1CSCC1C(=O)O. The summed E-state index contributed by atoms with van der Waals surface area (Å²) in [6, 6.07) is 14.0. The number of rotatable bonds is 6. The molecule has 0 bridgehead atoms. The van der Waals surface area contributed by atoms with Gasteiger partial charge in [0.2, 0.25) is 5.91 Å². The molecule has 32 heavy (non-hydrogen) atoms. The van der Waals surface area contributed by atoms with Gasteiger partial charge >= 0.3 is 12.1 Å². The van der Waals surface area contributed by atoms with Crippen LogP contribution in [0.2, 0.25) is 0 Å². The van der Waals surface area contributed by atoms with Gasteiger partial charge in [-0.1, -0.05) is 48.5 Å². The van der Waals surface area contributed by atoms with E-state index in [1.54, 1.807) is 0 Å². The maximum Gasteiger partial charge on any atom is 0.407 e. The number of aliphatic carboxylic acids is 1. The molecule has 0 saturated carbocycles. The van der Waals surface area contributed by atoms with Crippen LogP contribution in [0.1, 0.15) is 23.5 Å². The van der Waals surface area contributed by atoms with E-state index < -0.39 is 30.1 Å². The number of ether oxygens (including phenoxy) is 1. The molecular formula is C24H22N2O5S. The van der Waals surface area contributed by atoms with Crippen molar-refractivity contribution in [2.75, 3.05) is 18.2 Å². The van der Waals surface area contributed by atoms with E-state index in [-0.39, 0.29) is 24.8 Å². The fourth-order valence-corrected chi connectivity index (χ4v) is 5.32. The number of benzene rings is 2. The Labute approximate surface area is 190 Å². The molecule has 2 aromatic carbocycles. The molecule has 2 N–H and O–H groups in total. The van der Waals surface area contributed by atoms with Crippen molar-refractivity contribution in [1.29, 1.82) is 0 Å². The van der Waals surface area contributed by atoms with Crippen LogP contribution in [-0.2, 0) is 14.3 Å². The predicted octanol–water partition coefficient (Wildman–Crippen LogP) is 2.90. The van der Waals surface area contributed by atoms with Gasteiger partial charge in [-0.3, -0.25) is 4.79 Å². The van der Waals surface area contributed by atoms with Crippen molar-refractivity contribution in [3.05, 3.63) is 59.7 Å². The Kier molecular flexibility index (Phi) is 6.37. The van der Waals surface area contributed by atoms with Crippen LogP contribution in [-0.4, -0.2) is 58.3 Å². The van der Waals surface area contributed by atoms with Crippen LogP contribution in [0.25, 0.3) is 11.1 Å². The topological polar surface area (TPSA) is 95.9 Å². The summed E-state index contributed by atoms with van der Waals surface area (Å²) < 4.78 is 5.49. The van der Waals surface area contributed by atoms with E-state index in [4.69, 9.17) is 11.2 Å². The smallest absolute Gasteiger partial charge is 0.407 e. The number of alkyl carbamates (subject to hydrolysis) is 1. The zero-order valence-corrected chi connectivity index (χ0v) is 18.0. The highest BCUT2D eigenvalue weighted by atomic mass is 32.2. The van der Waals surface area contributed by atoms with Gasteiger partial charge in [0.25, 0.3) is 0 Å². The minimum atomic E-state index is -1.08. The average Bonchev–Trinajstić information content (AvgIpc) is 3.40. The summed E-state index contributed by atoms with van der Waals surface area (Å²) in [5, 5.41) is 11.9. The average molecular weight is 451 g/mol. The Hall–Kier alpha value is -3.44. The summed E-state index contributed by atoms with van der Waals surface area (Å²) in [7, 11) is 0. The third-order valence-electron chi connectivity index (χ3n) is 5.71. The highest BCUT2D eigenvalue weighted by molar-refractivity contribution is 7.99. The van der Waals surface area contributed by atoms with Crippen molar-refractivity contribution in [2.45, 2.75) is 24.4 Å². The minimum absolute atomic E-state index is 0.0590. The number of carbonyl (C=O) groups is 3. The van der Waals surface area contributed by atoms with E-state index in [0.29, 0.717) is 5.75 Å². The summed E-state index contributed by atoms with van der Waals surface area (Å²) in [5.41, 5.74) is 4.39. The van der Waals surface area contributed by atoms with Crippen molar-refractivity contribution in [3.8, 4) is 23.5 Å². The maximum absolute atomic E-state index is 12.9. The second kappa shape index (κ2) is 9.37. The van der Waals surface area contributed by atoms with Gasteiger partial charge in [0, 0.05) is 18.1 Å². The molecule has 2 unspecified atom stereocenters. The molecule has 0 spiro atoms. The number of terminal acetylenes is 1. The number of hydrogen-bond donors (Lipinski definition) is 2. The van der Waals surface area contributed by atoms with E-state index in [9.17, 15) is 19.5 Å². The number of carbonyl (C=O) groups excluding carboxylic acids is 2. The lowest BCUT2D eigenvalue weighted by Gasteiger charge is -2.25. The lowest BCUT2D eigenvalue weighted by molar-refractivity contribution is -0.148. The zero-order chi connectivity index (χ0) is 22.7. The molecule has 2 atom stereocenters. The Morgan fingerprint density at radius 3 is 2.38 bits per heavy atom. The highest BCUT2D eigenvalue weighted by Gasteiger charge is 2.38. The zero-order valence-electron chi connectivity index (χ0n) is 17.2. The first-order valence-electron chi connectivity index (χ1n) is 10.2. The van der Waals surface area contributed by atoms with Gasteiger partial charge in [-0.25, -0.2) is 9.59 Å². The van der Waals surface area contributed by atoms with Crippen LogP contribution in [0.5, 0.6) is 0 Å². The summed E-state index contributed by atoms with van der Waals surface area (Å²) in [6.45, 7) is 0.105. The molecule has 1 saturated heterocycles. The van der Waals surface area contributed by atoms with Gasteiger partial charge in [0.1, 0.15) is 18.7 Å². The Balaban J connectivity index is 1.43. The molecule has 1 aliphatic carbocycles. The highest BCUT2D eigenvalue weighted by Crippen LogP contribution is 2.44. The van der Waals surface area contributed by atoms with Crippen molar-refractivity contribution in [1.82, 2.24) is 10.2 Å². The number of thioether (sulfide) groups is 1. The van der Waals surface area contributed by atoms with E-state index >= 15 is 0 Å². The number of amides is 2. The van der Waals surface area contributed by atoms with Gasteiger partial charge in [-0.15, -0.1) is 24.1 Å². The summed E-state index contributed by atoms with van der Waals surface area (Å²) in [5.74, 6) is 1.20. The van der Waals surface area contributed by atoms with Crippen LogP contribution in [0.15, 0.2) is 48.5 Å². The van der Waals surface area contributed by atoms with Crippen LogP contribution < -0.4 is 5.32 Å². The second-order valence-corrected chi connectivity index (χ2v) is 8.59. The molecule has 4 rings (SSSR count). The van der Waals surface area contributed by atoms with Crippen molar-refractivity contribution >= 4 is 29.7 Å². The van der Waals surface area contributed by atoms with Crippen molar-refractivity contribution in [2.24, 2.45) is 0 Å². The largest absolute Gasteiger partial charge is 0.480 e. The fourth-order valence-electron chi connectivity index (χ4n) is 4.16. The fraction of sp³-hybridized carbons (Fsp3) is 0.292. The van der Waals surface area contributed by atoms with Gasteiger partial charge in [-0.2, -0.15) is 0 Å². The number of nitrogens with one attached hydrogen (secondary N) is 1. The Bertz CT molecular complexity index is 1050. The summed E-state index contributed by atoms with van der Waals surface area (Å²) in [6.07, 6.45) is 4.56. The molecule has 0 aromatic heterocycles. The van der Waals surface area contributed by atoms with Crippen molar-refractivity contribution < 1.29 is 24.2 Å². The molecule has 0 radical (unpaired) electrons. The third kappa shape index (κ3) is 4.16. The summed E-state index contributed by atoms with van der Waals surface area (Å²) in [4.78, 5) is 38.1. The van der Waals surface area contributed by atoms with Gasteiger partial charge < -0.3 is 20.1 Å². The third-order valence-corrected chi connectivity index (χ3v) is 6.72. The first-order valence-corrected chi connectivity index (χ1v) is 11.3. The first-order chi connectivity index (χ1) is 15.5. The van der Waals surface area contributed by atoms with Gasteiger partial charge in [0.15, 0.2) is 0 Å². The van der Waals surface area contributed by atoms with E-state index in [0.717, 1.165) is 22.3 Å². The summed E-state index contributed by atoms with van der Waals surface area (Å²) >= 11 is 1.34. The van der Waals surface area contributed by atoms with E-state index in [2.05, 4.69) is 11.2 Å². The Morgan fingerprint density at radius 1 is 1.16 bits per heavy atom. The molecule has 8 heteroatoms. The molecule has 2 amide bonds. The number of nitrogens with zero attached hydrogens (tertiary/aromatic N) is 1. The molecule has 2 aromatic rings. The van der Waals surface area contributed by atoms with E-state index in [1.807, 2.05) is 48.5 Å². The number of fused-ring (bicyclic) bond motifs is 3. The predicted molar refractivity (Wildman–Crippen MR) is 121 cm³/mol. The van der Waals surface area contributed by atoms with Crippen molar-refractivity contribution in [3.63, 3.8) is 0 Å². The standard InChI is InChI=1S/C24H22N2O5S/c1-2-7-20(22(27)26-14-32-13-21(26)23(28)29)25-24(30)31-12-19-17-10-5-3-8-15(17)16-9-4-6-11-18(16)19/h1,3-6,8-11,19-21H,7,12-14H2,(H,25,30)(H,28,29). The van der Waals surface area contributed by atoms with Gasteiger partial charge in [-0.05, 0) is 22.3 Å². The Morgan fingerprint density at radius 2 is 1.78 bits per heavy atom.